The number of rotatable bonds is 4. The van der Waals surface area contributed by atoms with Gasteiger partial charge >= 0.3 is 0 Å². The van der Waals surface area contributed by atoms with E-state index in [1.807, 2.05) is 0 Å². The van der Waals surface area contributed by atoms with Gasteiger partial charge in [0.1, 0.15) is 11.6 Å². The fourth-order valence-corrected chi connectivity index (χ4v) is 2.74. The van der Waals surface area contributed by atoms with Gasteiger partial charge in [0.15, 0.2) is 0 Å². The van der Waals surface area contributed by atoms with Crippen molar-refractivity contribution in [2.75, 3.05) is 16.8 Å². The summed E-state index contributed by atoms with van der Waals surface area (Å²) in [5.41, 5.74) is 6.38. The normalized spacial score (nSPS) is 11.9. The molecule has 7 heteroatoms. The first-order chi connectivity index (χ1) is 9.97. The SMILES string of the molecule is Nc1cc(NC(=O)CS(=O)c2ccccc2F)ccc1Cl. The minimum Gasteiger partial charge on any atom is -0.397 e. The predicted octanol–water partition coefficient (Wildman–Crippen LogP) is 2.81. The molecule has 0 aliphatic carbocycles. The monoisotopic (exact) mass is 326 g/mol. The molecule has 0 spiro atoms. The molecule has 1 atom stereocenters. The Morgan fingerprint density at radius 2 is 2.00 bits per heavy atom. The lowest BCUT2D eigenvalue weighted by Crippen LogP contribution is -2.20. The van der Waals surface area contributed by atoms with Gasteiger partial charge in [-0.2, -0.15) is 0 Å². The van der Waals surface area contributed by atoms with Crippen molar-refractivity contribution in [3.63, 3.8) is 0 Å². The Kier molecular flexibility index (Phi) is 4.93. The molecular formula is C14H12ClFN2O2S. The van der Waals surface area contributed by atoms with Gasteiger partial charge in [-0.25, -0.2) is 4.39 Å². The molecule has 0 aliphatic heterocycles. The summed E-state index contributed by atoms with van der Waals surface area (Å²) >= 11 is 5.77. The molecule has 0 heterocycles. The maximum Gasteiger partial charge on any atom is 0.237 e. The Morgan fingerprint density at radius 3 is 2.67 bits per heavy atom. The third-order valence-electron chi connectivity index (χ3n) is 2.62. The highest BCUT2D eigenvalue weighted by atomic mass is 35.5. The molecule has 0 saturated carbocycles. The van der Waals surface area contributed by atoms with E-state index in [0.717, 1.165) is 0 Å². The Hall–Kier alpha value is -1.92. The van der Waals surface area contributed by atoms with Crippen molar-refractivity contribution in [3.05, 3.63) is 53.3 Å². The Labute approximate surface area is 128 Å². The maximum atomic E-state index is 13.5. The summed E-state index contributed by atoms with van der Waals surface area (Å²) in [6, 6.07) is 10.2. The fraction of sp³-hybridized carbons (Fsp3) is 0.0714. The molecule has 1 amide bonds. The first-order valence-electron chi connectivity index (χ1n) is 5.95. The molecule has 0 radical (unpaired) electrons. The van der Waals surface area contributed by atoms with Crippen molar-refractivity contribution >= 4 is 39.7 Å². The van der Waals surface area contributed by atoms with Crippen LogP contribution in [0, 0.1) is 5.82 Å². The zero-order valence-corrected chi connectivity index (χ0v) is 12.4. The van der Waals surface area contributed by atoms with Gasteiger partial charge in [0.25, 0.3) is 0 Å². The van der Waals surface area contributed by atoms with E-state index in [1.54, 1.807) is 18.2 Å². The zero-order valence-electron chi connectivity index (χ0n) is 10.8. The maximum absolute atomic E-state index is 13.5. The van der Waals surface area contributed by atoms with Crippen LogP contribution < -0.4 is 11.1 Å². The van der Waals surface area contributed by atoms with Crippen LogP contribution in [0.4, 0.5) is 15.8 Å². The van der Waals surface area contributed by atoms with E-state index in [1.165, 1.54) is 24.3 Å². The summed E-state index contributed by atoms with van der Waals surface area (Å²) in [4.78, 5) is 11.8. The molecule has 2 aromatic carbocycles. The van der Waals surface area contributed by atoms with Gasteiger partial charge < -0.3 is 11.1 Å². The number of benzene rings is 2. The number of carbonyl (C=O) groups excluding carboxylic acids is 1. The lowest BCUT2D eigenvalue weighted by Gasteiger charge is -2.07. The van der Waals surface area contributed by atoms with E-state index in [-0.39, 0.29) is 10.6 Å². The van der Waals surface area contributed by atoms with Crippen LogP contribution in [0.25, 0.3) is 0 Å². The van der Waals surface area contributed by atoms with Crippen molar-refractivity contribution in [1.82, 2.24) is 0 Å². The number of nitrogen functional groups attached to an aromatic ring is 1. The first-order valence-corrected chi connectivity index (χ1v) is 7.65. The van der Waals surface area contributed by atoms with Gasteiger partial charge in [-0.05, 0) is 30.3 Å². The van der Waals surface area contributed by atoms with Gasteiger partial charge in [0.2, 0.25) is 5.91 Å². The predicted molar refractivity (Wildman–Crippen MR) is 82.2 cm³/mol. The number of amides is 1. The van der Waals surface area contributed by atoms with Crippen molar-refractivity contribution in [3.8, 4) is 0 Å². The topological polar surface area (TPSA) is 72.2 Å². The quantitative estimate of drug-likeness (QED) is 0.849. The number of hydrogen-bond donors (Lipinski definition) is 2. The van der Waals surface area contributed by atoms with Crippen molar-refractivity contribution in [2.45, 2.75) is 4.90 Å². The molecule has 0 aliphatic rings. The van der Waals surface area contributed by atoms with Crippen molar-refractivity contribution < 1.29 is 13.4 Å². The number of hydrogen-bond acceptors (Lipinski definition) is 3. The van der Waals surface area contributed by atoms with Gasteiger partial charge in [-0.15, -0.1) is 0 Å². The summed E-state index contributed by atoms with van der Waals surface area (Å²) in [6.45, 7) is 0. The summed E-state index contributed by atoms with van der Waals surface area (Å²) in [5.74, 6) is -1.44. The minimum absolute atomic E-state index is 0.00303. The molecule has 1 unspecified atom stereocenters. The summed E-state index contributed by atoms with van der Waals surface area (Å²) in [7, 11) is -1.75. The summed E-state index contributed by atoms with van der Waals surface area (Å²) in [5, 5.41) is 2.91. The van der Waals surface area contributed by atoms with Crippen LogP contribution in [0.15, 0.2) is 47.4 Å². The van der Waals surface area contributed by atoms with Crippen LogP contribution in [0.1, 0.15) is 0 Å². The highest BCUT2D eigenvalue weighted by molar-refractivity contribution is 7.85. The molecule has 4 nitrogen and oxygen atoms in total. The van der Waals surface area contributed by atoms with Gasteiger partial charge in [0.05, 0.1) is 26.4 Å². The first kappa shape index (κ1) is 15.5. The van der Waals surface area contributed by atoms with Crippen LogP contribution in [-0.4, -0.2) is 15.9 Å². The third-order valence-corrected chi connectivity index (χ3v) is 4.31. The highest BCUT2D eigenvalue weighted by Gasteiger charge is 2.14. The molecule has 110 valence electrons. The molecule has 0 aromatic heterocycles. The minimum atomic E-state index is -1.75. The number of halogens is 2. The second-order valence-corrected chi connectivity index (χ2v) is 6.03. The van der Waals surface area contributed by atoms with Crippen LogP contribution >= 0.6 is 11.6 Å². The van der Waals surface area contributed by atoms with E-state index in [4.69, 9.17) is 17.3 Å². The third kappa shape index (κ3) is 4.03. The van der Waals surface area contributed by atoms with Gasteiger partial charge in [-0.3, -0.25) is 9.00 Å². The molecule has 0 fully saturated rings. The van der Waals surface area contributed by atoms with E-state index in [9.17, 15) is 13.4 Å². The molecular weight excluding hydrogens is 315 g/mol. The standard InChI is InChI=1S/C14H12ClFN2O2S/c15-10-6-5-9(7-12(10)17)18-14(19)8-21(20)13-4-2-1-3-11(13)16/h1-7H,8,17H2,(H,18,19). The number of nitrogens with one attached hydrogen (secondary N) is 1. The van der Waals surface area contributed by atoms with E-state index < -0.39 is 22.5 Å². The second kappa shape index (κ2) is 6.69. The average Bonchev–Trinajstić information content (AvgIpc) is 2.43. The average molecular weight is 327 g/mol. The highest BCUT2D eigenvalue weighted by Crippen LogP contribution is 2.22. The Morgan fingerprint density at radius 1 is 1.29 bits per heavy atom. The lowest BCUT2D eigenvalue weighted by atomic mass is 10.3. The van der Waals surface area contributed by atoms with Crippen molar-refractivity contribution in [2.24, 2.45) is 0 Å². The fourth-order valence-electron chi connectivity index (χ4n) is 1.64. The molecule has 2 aromatic rings. The van der Waals surface area contributed by atoms with E-state index in [0.29, 0.717) is 16.4 Å². The molecule has 21 heavy (non-hydrogen) atoms. The van der Waals surface area contributed by atoms with Crippen molar-refractivity contribution in [1.29, 1.82) is 0 Å². The van der Waals surface area contributed by atoms with Crippen LogP contribution in [-0.2, 0) is 15.6 Å². The van der Waals surface area contributed by atoms with Crippen LogP contribution in [0.5, 0.6) is 0 Å². The number of nitrogens with two attached hydrogens (primary N) is 1. The van der Waals surface area contributed by atoms with Crippen LogP contribution in [0.2, 0.25) is 5.02 Å². The Balaban J connectivity index is 2.03. The lowest BCUT2D eigenvalue weighted by molar-refractivity contribution is -0.113. The summed E-state index contributed by atoms with van der Waals surface area (Å²) < 4.78 is 25.4. The second-order valence-electron chi connectivity index (χ2n) is 4.20. The molecule has 0 bridgehead atoms. The van der Waals surface area contributed by atoms with Gasteiger partial charge in [-0.1, -0.05) is 23.7 Å². The molecule has 2 rings (SSSR count). The number of anilines is 2. The zero-order chi connectivity index (χ0) is 15.4. The number of carbonyl (C=O) groups is 1. The van der Waals surface area contributed by atoms with E-state index >= 15 is 0 Å². The smallest absolute Gasteiger partial charge is 0.237 e. The summed E-state index contributed by atoms with van der Waals surface area (Å²) in [6.07, 6.45) is 0. The Bertz CT molecular complexity index is 709. The van der Waals surface area contributed by atoms with Gasteiger partial charge in [0, 0.05) is 5.69 Å². The van der Waals surface area contributed by atoms with Crippen LogP contribution in [0.3, 0.4) is 0 Å². The molecule has 3 N–H and O–H groups in total. The largest absolute Gasteiger partial charge is 0.397 e. The van der Waals surface area contributed by atoms with E-state index in [2.05, 4.69) is 5.32 Å². The molecule has 0 saturated heterocycles.